The molecular formula is C31H42F3N3O3. The van der Waals surface area contributed by atoms with Crippen LogP contribution in [0.25, 0.3) is 0 Å². The lowest BCUT2D eigenvalue weighted by Crippen LogP contribution is -2.60. The van der Waals surface area contributed by atoms with Crippen LogP contribution in [-0.2, 0) is 5.60 Å². The molecule has 40 heavy (non-hydrogen) atoms. The number of amides is 1. The molecule has 4 rings (SSSR count). The van der Waals surface area contributed by atoms with Gasteiger partial charge in [0.1, 0.15) is 6.23 Å². The maximum absolute atomic E-state index is 14.1. The smallest absolute Gasteiger partial charge is 0.375 e. The van der Waals surface area contributed by atoms with Gasteiger partial charge in [-0.15, -0.1) is 0 Å². The summed E-state index contributed by atoms with van der Waals surface area (Å²) in [4.78, 5) is 17.7. The molecule has 220 valence electrons. The quantitative estimate of drug-likeness (QED) is 0.493. The molecule has 0 bridgehead atoms. The van der Waals surface area contributed by atoms with Crippen LogP contribution in [0.2, 0.25) is 0 Å². The first-order valence-electron chi connectivity index (χ1n) is 14.2. The lowest BCUT2D eigenvalue weighted by Gasteiger charge is -2.44. The van der Waals surface area contributed by atoms with E-state index >= 15 is 0 Å². The number of nitrogens with zero attached hydrogens (tertiary/aromatic N) is 3. The van der Waals surface area contributed by atoms with Crippen LogP contribution >= 0.6 is 0 Å². The van der Waals surface area contributed by atoms with E-state index in [0.29, 0.717) is 48.9 Å². The standard InChI is InChI=1S/C31H42F3N3O3/c1-21-6-5-7-25(18-21)30(40,31(32,33)34)29(39)37-16-12-24(13-17-37)20-23-10-14-36(15-11-23)26-8-9-27(22(2)19-26)28(38)35(3)4/h5-9,18-19,23-24,29,39-40H,10-17,20H2,1-4H3. The molecule has 2 aromatic rings. The van der Waals surface area contributed by atoms with Gasteiger partial charge in [0, 0.05) is 51.5 Å². The van der Waals surface area contributed by atoms with Crippen molar-refractivity contribution in [1.82, 2.24) is 9.80 Å². The molecule has 0 aromatic heterocycles. The lowest BCUT2D eigenvalue weighted by molar-refractivity contribution is -0.320. The fraction of sp³-hybridized carbons (Fsp3) is 0.581. The van der Waals surface area contributed by atoms with Crippen molar-refractivity contribution in [1.29, 1.82) is 0 Å². The Morgan fingerprint density at radius 1 is 0.975 bits per heavy atom. The lowest BCUT2D eigenvalue weighted by atomic mass is 9.82. The average Bonchev–Trinajstić information content (AvgIpc) is 2.92. The van der Waals surface area contributed by atoms with Crippen molar-refractivity contribution in [3.05, 3.63) is 64.7 Å². The van der Waals surface area contributed by atoms with Gasteiger partial charge in [0.05, 0.1) is 0 Å². The number of carbonyl (C=O) groups excluding carboxylic acids is 1. The highest BCUT2D eigenvalue weighted by atomic mass is 19.4. The number of alkyl halides is 3. The number of hydrogen-bond donors (Lipinski definition) is 2. The summed E-state index contributed by atoms with van der Waals surface area (Å²) in [6.07, 6.45) is -2.59. The van der Waals surface area contributed by atoms with E-state index in [-0.39, 0.29) is 11.5 Å². The zero-order valence-electron chi connectivity index (χ0n) is 23.9. The normalized spacial score (nSPS) is 20.3. The van der Waals surface area contributed by atoms with Gasteiger partial charge in [0.25, 0.3) is 5.91 Å². The van der Waals surface area contributed by atoms with Gasteiger partial charge < -0.3 is 20.0 Å². The third kappa shape index (κ3) is 6.31. The molecular weight excluding hydrogens is 519 g/mol. The second-order valence-electron chi connectivity index (χ2n) is 11.9. The van der Waals surface area contributed by atoms with Crippen LogP contribution in [0.5, 0.6) is 0 Å². The number of piperidine rings is 2. The van der Waals surface area contributed by atoms with E-state index in [1.54, 1.807) is 32.0 Å². The molecule has 2 aliphatic heterocycles. The first kappa shape index (κ1) is 30.3. The summed E-state index contributed by atoms with van der Waals surface area (Å²) >= 11 is 0. The van der Waals surface area contributed by atoms with Gasteiger partial charge in [-0.3, -0.25) is 9.69 Å². The van der Waals surface area contributed by atoms with Crippen LogP contribution in [0.4, 0.5) is 18.9 Å². The number of aryl methyl sites for hydroxylation is 2. The number of likely N-dealkylation sites (tertiary alicyclic amines) is 1. The van der Waals surface area contributed by atoms with Crippen molar-refractivity contribution in [3.63, 3.8) is 0 Å². The highest BCUT2D eigenvalue weighted by molar-refractivity contribution is 5.95. The number of aliphatic hydroxyl groups is 2. The summed E-state index contributed by atoms with van der Waals surface area (Å²) in [7, 11) is 3.50. The predicted octanol–water partition coefficient (Wildman–Crippen LogP) is 5.09. The van der Waals surface area contributed by atoms with E-state index in [2.05, 4.69) is 11.0 Å². The molecule has 2 aliphatic rings. The second kappa shape index (κ2) is 12.1. The third-order valence-electron chi connectivity index (χ3n) is 8.75. The van der Waals surface area contributed by atoms with Crippen molar-refractivity contribution in [2.75, 3.05) is 45.2 Å². The largest absolute Gasteiger partial charge is 0.425 e. The minimum absolute atomic E-state index is 0.000396. The van der Waals surface area contributed by atoms with E-state index in [0.717, 1.165) is 43.6 Å². The molecule has 2 fully saturated rings. The van der Waals surface area contributed by atoms with Crippen LogP contribution < -0.4 is 4.90 Å². The average molecular weight is 562 g/mol. The molecule has 2 saturated heterocycles. The number of carbonyl (C=O) groups is 1. The Kier molecular flexibility index (Phi) is 9.17. The third-order valence-corrected chi connectivity index (χ3v) is 8.75. The van der Waals surface area contributed by atoms with Gasteiger partial charge in [0.2, 0.25) is 5.60 Å². The van der Waals surface area contributed by atoms with Gasteiger partial charge >= 0.3 is 6.18 Å². The zero-order valence-corrected chi connectivity index (χ0v) is 23.9. The predicted molar refractivity (Wildman–Crippen MR) is 150 cm³/mol. The Morgan fingerprint density at radius 3 is 2.10 bits per heavy atom. The Balaban J connectivity index is 1.30. The Morgan fingerprint density at radius 2 is 1.57 bits per heavy atom. The maximum atomic E-state index is 14.1. The first-order chi connectivity index (χ1) is 18.8. The maximum Gasteiger partial charge on any atom is 0.425 e. The molecule has 6 nitrogen and oxygen atoms in total. The molecule has 0 spiro atoms. The summed E-state index contributed by atoms with van der Waals surface area (Å²) in [6.45, 7) is 6.11. The minimum atomic E-state index is -5.02. The molecule has 0 aliphatic carbocycles. The molecule has 2 N–H and O–H groups in total. The molecule has 2 aromatic carbocycles. The Labute approximate surface area is 235 Å². The second-order valence-corrected chi connectivity index (χ2v) is 11.9. The van der Waals surface area contributed by atoms with Crippen LogP contribution in [-0.4, -0.2) is 78.6 Å². The zero-order chi connectivity index (χ0) is 29.2. The Hall–Kier alpha value is -2.62. The van der Waals surface area contributed by atoms with Crippen LogP contribution in [0.3, 0.4) is 0 Å². The highest BCUT2D eigenvalue weighted by Crippen LogP contribution is 2.44. The molecule has 1 amide bonds. The summed E-state index contributed by atoms with van der Waals surface area (Å²) in [5.74, 6) is 0.934. The summed E-state index contributed by atoms with van der Waals surface area (Å²) in [5.41, 5.74) is -0.298. The van der Waals surface area contributed by atoms with Crippen molar-refractivity contribution >= 4 is 11.6 Å². The van der Waals surface area contributed by atoms with Crippen molar-refractivity contribution in [2.24, 2.45) is 11.8 Å². The molecule has 9 heteroatoms. The van der Waals surface area contributed by atoms with E-state index in [1.165, 1.54) is 23.1 Å². The van der Waals surface area contributed by atoms with Crippen molar-refractivity contribution in [2.45, 2.75) is 64.0 Å². The topological polar surface area (TPSA) is 67.2 Å². The fourth-order valence-corrected chi connectivity index (χ4v) is 6.26. The fourth-order valence-electron chi connectivity index (χ4n) is 6.26. The number of aliphatic hydroxyl groups excluding tert-OH is 1. The van der Waals surface area contributed by atoms with Crippen LogP contribution in [0.15, 0.2) is 42.5 Å². The number of rotatable bonds is 7. The molecule has 2 atom stereocenters. The van der Waals surface area contributed by atoms with E-state index in [4.69, 9.17) is 0 Å². The molecule has 2 heterocycles. The van der Waals surface area contributed by atoms with E-state index in [1.807, 2.05) is 19.1 Å². The summed E-state index contributed by atoms with van der Waals surface area (Å²) in [5, 5.41) is 21.7. The number of benzene rings is 2. The number of anilines is 1. The highest BCUT2D eigenvalue weighted by Gasteiger charge is 2.61. The van der Waals surface area contributed by atoms with Gasteiger partial charge in [-0.05, 0) is 87.1 Å². The van der Waals surface area contributed by atoms with Gasteiger partial charge in [-0.2, -0.15) is 13.2 Å². The Bertz CT molecular complexity index is 1170. The minimum Gasteiger partial charge on any atom is -0.375 e. The molecule has 2 unspecified atom stereocenters. The van der Waals surface area contributed by atoms with Gasteiger partial charge in [-0.25, -0.2) is 0 Å². The SMILES string of the molecule is Cc1cccc(C(O)(C(O)N2CCC(CC3CCN(c4ccc(C(=O)N(C)C)c(C)c4)CC3)CC2)C(F)(F)F)c1. The molecule has 0 saturated carbocycles. The van der Waals surface area contributed by atoms with Gasteiger partial charge in [0.15, 0.2) is 0 Å². The first-order valence-corrected chi connectivity index (χ1v) is 14.2. The van der Waals surface area contributed by atoms with Crippen LogP contribution in [0.1, 0.15) is 59.2 Å². The number of halogens is 3. The summed E-state index contributed by atoms with van der Waals surface area (Å²) < 4.78 is 42.4. The number of hydrogen-bond acceptors (Lipinski definition) is 5. The van der Waals surface area contributed by atoms with E-state index < -0.39 is 18.0 Å². The monoisotopic (exact) mass is 561 g/mol. The van der Waals surface area contributed by atoms with Gasteiger partial charge in [-0.1, -0.05) is 29.8 Å². The van der Waals surface area contributed by atoms with E-state index in [9.17, 15) is 28.2 Å². The van der Waals surface area contributed by atoms with Crippen molar-refractivity contribution < 1.29 is 28.2 Å². The summed E-state index contributed by atoms with van der Waals surface area (Å²) in [6, 6.07) is 11.6. The molecule has 0 radical (unpaired) electrons. The van der Waals surface area contributed by atoms with Crippen LogP contribution in [0, 0.1) is 25.7 Å². The van der Waals surface area contributed by atoms with Crippen molar-refractivity contribution in [3.8, 4) is 0 Å².